The number of aryl methyl sites for hydroxylation is 3. The van der Waals surface area contributed by atoms with Crippen molar-refractivity contribution >= 4 is 23.0 Å². The molecule has 1 N–H and O–H groups in total. The van der Waals surface area contributed by atoms with Gasteiger partial charge in [-0.15, -0.1) is 0 Å². The van der Waals surface area contributed by atoms with E-state index < -0.39 is 0 Å². The molecule has 0 spiro atoms. The fourth-order valence-electron chi connectivity index (χ4n) is 4.62. The van der Waals surface area contributed by atoms with Crippen LogP contribution in [0.4, 0.5) is 0 Å². The highest BCUT2D eigenvalue weighted by atomic mass is 16.5. The summed E-state index contributed by atoms with van der Waals surface area (Å²) in [5.74, 6) is 0.648. The maximum atomic E-state index is 13.2. The van der Waals surface area contributed by atoms with E-state index in [1.54, 1.807) is 11.2 Å². The number of piperidine rings is 1. The number of nitrogens with one attached hydrogen (secondary N) is 1. The van der Waals surface area contributed by atoms with Crippen molar-refractivity contribution in [2.45, 2.75) is 40.0 Å². The molecule has 3 aromatic rings. The van der Waals surface area contributed by atoms with E-state index in [1.807, 2.05) is 44.3 Å². The Balaban J connectivity index is 1.48. The molecule has 1 fully saturated rings. The molecule has 2 aromatic carbocycles. The van der Waals surface area contributed by atoms with Crippen molar-refractivity contribution in [3.05, 3.63) is 64.8 Å². The SMILES string of the molecule is Cc1cc(C)c(OCC(=O)N(CCN2CCCCC2)/N=C/c2cccc3[nH]ccc23)c(C)c1. The van der Waals surface area contributed by atoms with Gasteiger partial charge in [0.1, 0.15) is 5.75 Å². The third kappa shape index (κ3) is 5.82. The molecule has 0 aliphatic carbocycles. The Bertz CT molecular complexity index is 1110. The van der Waals surface area contributed by atoms with E-state index >= 15 is 0 Å². The molecule has 0 unspecified atom stereocenters. The molecule has 2 heterocycles. The topological polar surface area (TPSA) is 60.9 Å². The van der Waals surface area contributed by atoms with E-state index in [-0.39, 0.29) is 12.5 Å². The molecule has 0 radical (unpaired) electrons. The number of aromatic nitrogens is 1. The molecule has 1 amide bonds. The summed E-state index contributed by atoms with van der Waals surface area (Å²) in [5, 5.41) is 7.28. The molecule has 1 aromatic heterocycles. The first-order valence-electron chi connectivity index (χ1n) is 11.8. The maximum Gasteiger partial charge on any atom is 0.280 e. The van der Waals surface area contributed by atoms with Gasteiger partial charge in [-0.2, -0.15) is 5.10 Å². The normalized spacial score (nSPS) is 14.8. The van der Waals surface area contributed by atoms with Gasteiger partial charge >= 0.3 is 0 Å². The van der Waals surface area contributed by atoms with Crippen molar-refractivity contribution < 1.29 is 9.53 Å². The van der Waals surface area contributed by atoms with E-state index in [0.29, 0.717) is 6.54 Å². The third-order valence-corrected chi connectivity index (χ3v) is 6.27. The summed E-state index contributed by atoms with van der Waals surface area (Å²) >= 11 is 0. The molecule has 174 valence electrons. The van der Waals surface area contributed by atoms with Crippen LogP contribution in [0.25, 0.3) is 10.9 Å². The Labute approximate surface area is 196 Å². The van der Waals surface area contributed by atoms with Crippen LogP contribution in [0.2, 0.25) is 0 Å². The second kappa shape index (κ2) is 10.7. The number of benzene rings is 2. The van der Waals surface area contributed by atoms with Crippen LogP contribution in [0.1, 0.15) is 41.5 Å². The van der Waals surface area contributed by atoms with Gasteiger partial charge in [0.2, 0.25) is 0 Å². The van der Waals surface area contributed by atoms with Crippen LogP contribution in [0.3, 0.4) is 0 Å². The first kappa shape index (κ1) is 23.1. The Hall–Kier alpha value is -3.12. The fourth-order valence-corrected chi connectivity index (χ4v) is 4.62. The Morgan fingerprint density at radius 3 is 2.64 bits per heavy atom. The van der Waals surface area contributed by atoms with Crippen LogP contribution in [-0.2, 0) is 4.79 Å². The number of carbonyl (C=O) groups excluding carboxylic acids is 1. The first-order valence-corrected chi connectivity index (χ1v) is 11.8. The van der Waals surface area contributed by atoms with Crippen LogP contribution in [0.15, 0.2) is 47.7 Å². The highest BCUT2D eigenvalue weighted by Crippen LogP contribution is 2.24. The predicted molar refractivity (Wildman–Crippen MR) is 134 cm³/mol. The lowest BCUT2D eigenvalue weighted by molar-refractivity contribution is -0.133. The van der Waals surface area contributed by atoms with Crippen molar-refractivity contribution in [1.82, 2.24) is 14.9 Å². The lowest BCUT2D eigenvalue weighted by Gasteiger charge is -2.28. The van der Waals surface area contributed by atoms with Crippen LogP contribution in [-0.4, -0.2) is 59.8 Å². The maximum absolute atomic E-state index is 13.2. The average molecular weight is 447 g/mol. The largest absolute Gasteiger partial charge is 0.483 e. The summed E-state index contributed by atoms with van der Waals surface area (Å²) in [5.41, 5.74) is 5.32. The number of hydrogen-bond acceptors (Lipinski definition) is 4. The first-order chi connectivity index (χ1) is 16.0. The monoisotopic (exact) mass is 446 g/mol. The third-order valence-electron chi connectivity index (χ3n) is 6.27. The lowest BCUT2D eigenvalue weighted by Crippen LogP contribution is -2.40. The van der Waals surface area contributed by atoms with Crippen molar-refractivity contribution in [2.75, 3.05) is 32.8 Å². The number of hydrazone groups is 1. The van der Waals surface area contributed by atoms with Crippen molar-refractivity contribution in [3.63, 3.8) is 0 Å². The molecule has 1 saturated heterocycles. The van der Waals surface area contributed by atoms with Gasteiger partial charge in [-0.1, -0.05) is 36.2 Å². The summed E-state index contributed by atoms with van der Waals surface area (Å²) in [6, 6.07) is 12.2. The number of carbonyl (C=O) groups is 1. The average Bonchev–Trinajstić information content (AvgIpc) is 3.28. The number of nitrogens with zero attached hydrogens (tertiary/aromatic N) is 3. The molecular weight excluding hydrogens is 412 g/mol. The fraction of sp³-hybridized carbons (Fsp3) is 0.407. The lowest BCUT2D eigenvalue weighted by atomic mass is 10.1. The summed E-state index contributed by atoms with van der Waals surface area (Å²) < 4.78 is 5.98. The molecule has 1 aliphatic rings. The summed E-state index contributed by atoms with van der Waals surface area (Å²) in [7, 11) is 0. The van der Waals surface area contributed by atoms with Crippen LogP contribution >= 0.6 is 0 Å². The smallest absolute Gasteiger partial charge is 0.280 e. The molecule has 6 nitrogen and oxygen atoms in total. The van der Waals surface area contributed by atoms with Gasteiger partial charge in [-0.25, -0.2) is 5.01 Å². The van der Waals surface area contributed by atoms with Crippen LogP contribution in [0.5, 0.6) is 5.75 Å². The van der Waals surface area contributed by atoms with E-state index in [1.165, 1.54) is 24.8 Å². The quantitative estimate of drug-likeness (QED) is 0.399. The number of aromatic amines is 1. The molecule has 6 heteroatoms. The van der Waals surface area contributed by atoms with Crippen LogP contribution < -0.4 is 4.74 Å². The van der Waals surface area contributed by atoms with Gasteiger partial charge in [0, 0.05) is 29.2 Å². The zero-order chi connectivity index (χ0) is 23.2. The number of hydrogen-bond donors (Lipinski definition) is 1. The van der Waals surface area contributed by atoms with Gasteiger partial charge in [0.15, 0.2) is 6.61 Å². The van der Waals surface area contributed by atoms with Crippen LogP contribution in [0, 0.1) is 20.8 Å². The molecule has 0 saturated carbocycles. The van der Waals surface area contributed by atoms with Crippen molar-refractivity contribution in [1.29, 1.82) is 0 Å². The van der Waals surface area contributed by atoms with Gasteiger partial charge in [-0.3, -0.25) is 4.79 Å². The number of H-pyrrole nitrogens is 1. The predicted octanol–water partition coefficient (Wildman–Crippen LogP) is 4.82. The standard InChI is InChI=1S/C27H34N4O2/c1-20-16-21(2)27(22(3)17-20)33-19-26(32)31(15-14-30-12-5-4-6-13-30)29-18-23-8-7-9-25-24(23)10-11-28-25/h7-11,16-18,28H,4-6,12-15,19H2,1-3H3/b29-18+. The molecule has 4 rings (SSSR count). The molecule has 0 atom stereocenters. The van der Waals surface area contributed by atoms with Crippen molar-refractivity contribution in [2.24, 2.45) is 5.10 Å². The molecule has 33 heavy (non-hydrogen) atoms. The zero-order valence-electron chi connectivity index (χ0n) is 19.9. The second-order valence-electron chi connectivity index (χ2n) is 8.97. The van der Waals surface area contributed by atoms with E-state index in [0.717, 1.165) is 53.0 Å². The van der Waals surface area contributed by atoms with Gasteiger partial charge in [0.05, 0.1) is 12.8 Å². The zero-order valence-corrected chi connectivity index (χ0v) is 19.9. The van der Waals surface area contributed by atoms with Gasteiger partial charge < -0.3 is 14.6 Å². The van der Waals surface area contributed by atoms with E-state index in [9.17, 15) is 4.79 Å². The number of fused-ring (bicyclic) bond motifs is 1. The minimum atomic E-state index is -0.135. The minimum Gasteiger partial charge on any atom is -0.483 e. The second-order valence-corrected chi connectivity index (χ2v) is 8.97. The summed E-state index contributed by atoms with van der Waals surface area (Å²) in [4.78, 5) is 18.8. The van der Waals surface area contributed by atoms with Gasteiger partial charge in [-0.05, 0) is 70.0 Å². The summed E-state index contributed by atoms with van der Waals surface area (Å²) in [6.45, 7) is 9.62. The Morgan fingerprint density at radius 2 is 1.88 bits per heavy atom. The van der Waals surface area contributed by atoms with Gasteiger partial charge in [0.25, 0.3) is 5.91 Å². The summed E-state index contributed by atoms with van der Waals surface area (Å²) in [6.07, 6.45) is 7.44. The Morgan fingerprint density at radius 1 is 1.12 bits per heavy atom. The number of ether oxygens (including phenoxy) is 1. The highest BCUT2D eigenvalue weighted by molar-refractivity contribution is 5.98. The Kier molecular flexibility index (Phi) is 7.45. The van der Waals surface area contributed by atoms with Crippen molar-refractivity contribution in [3.8, 4) is 5.75 Å². The van der Waals surface area contributed by atoms with E-state index in [4.69, 9.17) is 4.74 Å². The number of amides is 1. The molecule has 1 aliphatic heterocycles. The minimum absolute atomic E-state index is 0.0313. The number of rotatable bonds is 8. The van der Waals surface area contributed by atoms with E-state index in [2.05, 4.69) is 34.0 Å². The highest BCUT2D eigenvalue weighted by Gasteiger charge is 2.18. The molecular formula is C27H34N4O2. The molecule has 0 bridgehead atoms. The number of likely N-dealkylation sites (tertiary alicyclic amines) is 1.